The number of nitrogens with one attached hydrogen (secondary N) is 1. The highest BCUT2D eigenvalue weighted by atomic mass is 16.5. The number of para-hydroxylation sites is 2. The highest BCUT2D eigenvalue weighted by molar-refractivity contribution is 5.79. The average molecular weight is 360 g/mol. The minimum absolute atomic E-state index is 0.449. The number of H-pyrrole nitrogens is 1. The van der Waals surface area contributed by atoms with E-state index in [4.69, 9.17) is 14.2 Å². The second-order valence-corrected chi connectivity index (χ2v) is 6.10. The van der Waals surface area contributed by atoms with Gasteiger partial charge in [-0.1, -0.05) is 18.2 Å². The number of benzene rings is 3. The molecule has 3 aromatic carbocycles. The molecule has 0 bridgehead atoms. The summed E-state index contributed by atoms with van der Waals surface area (Å²) in [6.45, 7) is 0.449. The summed E-state index contributed by atoms with van der Waals surface area (Å²) in [7, 11) is 3.25. The predicted octanol–water partition coefficient (Wildman–Crippen LogP) is 4.83. The molecule has 0 amide bonds. The second-order valence-electron chi connectivity index (χ2n) is 6.10. The molecule has 0 aliphatic heterocycles. The number of imidazole rings is 1. The molecule has 1 heterocycles. The van der Waals surface area contributed by atoms with Gasteiger partial charge in [0, 0.05) is 5.56 Å². The highest BCUT2D eigenvalue weighted by Crippen LogP contribution is 2.28. The standard InChI is InChI=1S/C22H20N2O3/c1-25-20-12-7-15(13-21(20)26-2)14-27-17-10-8-16(9-11-17)22-23-18-5-3-4-6-19(18)24-22/h3-13H,14H2,1-2H3,(H,23,24). The van der Waals surface area contributed by atoms with E-state index in [0.29, 0.717) is 18.1 Å². The van der Waals surface area contributed by atoms with Gasteiger partial charge < -0.3 is 19.2 Å². The number of hydrogen-bond donors (Lipinski definition) is 1. The molecule has 0 aliphatic carbocycles. The van der Waals surface area contributed by atoms with Crippen molar-refractivity contribution in [1.82, 2.24) is 9.97 Å². The number of methoxy groups -OCH3 is 2. The lowest BCUT2D eigenvalue weighted by atomic mass is 10.2. The number of fused-ring (bicyclic) bond motifs is 1. The lowest BCUT2D eigenvalue weighted by Crippen LogP contribution is -1.97. The fraction of sp³-hybridized carbons (Fsp3) is 0.136. The predicted molar refractivity (Wildman–Crippen MR) is 105 cm³/mol. The molecule has 5 nitrogen and oxygen atoms in total. The first-order valence-corrected chi connectivity index (χ1v) is 8.66. The fourth-order valence-electron chi connectivity index (χ4n) is 2.94. The van der Waals surface area contributed by atoms with Crippen molar-refractivity contribution in [3.05, 3.63) is 72.3 Å². The molecule has 4 rings (SSSR count). The topological polar surface area (TPSA) is 56.4 Å². The molecule has 136 valence electrons. The number of aromatic nitrogens is 2. The van der Waals surface area contributed by atoms with Crippen LogP contribution in [0.25, 0.3) is 22.4 Å². The Hall–Kier alpha value is -3.47. The van der Waals surface area contributed by atoms with Crippen molar-refractivity contribution in [3.8, 4) is 28.6 Å². The summed E-state index contributed by atoms with van der Waals surface area (Å²) in [6, 6.07) is 21.7. The summed E-state index contributed by atoms with van der Waals surface area (Å²) in [4.78, 5) is 7.95. The SMILES string of the molecule is COc1ccc(COc2ccc(-c3nc4ccccc4[nH]3)cc2)cc1OC. The van der Waals surface area contributed by atoms with Gasteiger partial charge in [-0.15, -0.1) is 0 Å². The van der Waals surface area contributed by atoms with Crippen LogP contribution in [0, 0.1) is 0 Å². The Morgan fingerprint density at radius 2 is 1.63 bits per heavy atom. The van der Waals surface area contributed by atoms with Crippen LogP contribution in [0.15, 0.2) is 66.7 Å². The van der Waals surface area contributed by atoms with E-state index in [9.17, 15) is 0 Å². The molecule has 1 aromatic heterocycles. The normalized spacial score (nSPS) is 10.7. The van der Waals surface area contributed by atoms with Crippen molar-refractivity contribution >= 4 is 11.0 Å². The molecule has 5 heteroatoms. The molecule has 0 unspecified atom stereocenters. The smallest absolute Gasteiger partial charge is 0.161 e. The molecular formula is C22H20N2O3. The molecule has 0 atom stereocenters. The van der Waals surface area contributed by atoms with Crippen molar-refractivity contribution in [1.29, 1.82) is 0 Å². The van der Waals surface area contributed by atoms with Crippen molar-refractivity contribution in [2.24, 2.45) is 0 Å². The molecule has 0 aliphatic rings. The summed E-state index contributed by atoms with van der Waals surface area (Å²) in [5.41, 5.74) is 4.02. The van der Waals surface area contributed by atoms with E-state index in [1.54, 1.807) is 14.2 Å². The van der Waals surface area contributed by atoms with Gasteiger partial charge in [-0.3, -0.25) is 0 Å². The van der Waals surface area contributed by atoms with Crippen LogP contribution in [0.2, 0.25) is 0 Å². The van der Waals surface area contributed by atoms with E-state index >= 15 is 0 Å². The third-order valence-corrected chi connectivity index (χ3v) is 4.37. The van der Waals surface area contributed by atoms with Crippen LogP contribution in [0.4, 0.5) is 0 Å². The zero-order valence-electron chi connectivity index (χ0n) is 15.2. The molecule has 0 radical (unpaired) electrons. The molecule has 4 aromatic rings. The van der Waals surface area contributed by atoms with Crippen LogP contribution in [0.1, 0.15) is 5.56 Å². The van der Waals surface area contributed by atoms with Crippen LogP contribution in [0.5, 0.6) is 17.2 Å². The zero-order chi connectivity index (χ0) is 18.6. The third kappa shape index (κ3) is 3.58. The minimum Gasteiger partial charge on any atom is -0.493 e. The summed E-state index contributed by atoms with van der Waals surface area (Å²) >= 11 is 0. The molecular weight excluding hydrogens is 340 g/mol. The number of rotatable bonds is 6. The molecule has 0 fully saturated rings. The van der Waals surface area contributed by atoms with Gasteiger partial charge in [-0.2, -0.15) is 0 Å². The Balaban J connectivity index is 1.46. The van der Waals surface area contributed by atoms with Crippen molar-refractivity contribution < 1.29 is 14.2 Å². The molecule has 0 saturated heterocycles. The molecule has 0 saturated carbocycles. The van der Waals surface area contributed by atoms with E-state index in [2.05, 4.69) is 9.97 Å². The first-order chi connectivity index (χ1) is 13.3. The Morgan fingerprint density at radius 1 is 0.852 bits per heavy atom. The van der Waals surface area contributed by atoms with Gasteiger partial charge >= 0.3 is 0 Å². The molecule has 1 N–H and O–H groups in total. The van der Waals surface area contributed by atoms with E-state index in [-0.39, 0.29) is 0 Å². The van der Waals surface area contributed by atoms with Gasteiger partial charge in [0.25, 0.3) is 0 Å². The Labute approximate surface area is 157 Å². The monoisotopic (exact) mass is 360 g/mol. The largest absolute Gasteiger partial charge is 0.493 e. The third-order valence-electron chi connectivity index (χ3n) is 4.37. The Bertz CT molecular complexity index is 1020. The van der Waals surface area contributed by atoms with Gasteiger partial charge in [0.15, 0.2) is 11.5 Å². The van der Waals surface area contributed by atoms with E-state index in [1.807, 2.05) is 66.7 Å². The maximum absolute atomic E-state index is 5.89. The van der Waals surface area contributed by atoms with Crippen LogP contribution in [-0.2, 0) is 6.61 Å². The average Bonchev–Trinajstić information content (AvgIpc) is 3.16. The maximum Gasteiger partial charge on any atom is 0.161 e. The number of nitrogens with zero attached hydrogens (tertiary/aromatic N) is 1. The number of ether oxygens (including phenoxy) is 3. The summed E-state index contributed by atoms with van der Waals surface area (Å²) in [6.07, 6.45) is 0. The van der Waals surface area contributed by atoms with Gasteiger partial charge in [0.1, 0.15) is 18.2 Å². The Kier molecular flexibility index (Phi) is 4.66. The number of aromatic amines is 1. The lowest BCUT2D eigenvalue weighted by molar-refractivity contribution is 0.304. The lowest BCUT2D eigenvalue weighted by Gasteiger charge is -2.11. The minimum atomic E-state index is 0.449. The van der Waals surface area contributed by atoms with Crippen molar-refractivity contribution in [2.45, 2.75) is 6.61 Å². The first kappa shape index (κ1) is 17.0. The molecule has 27 heavy (non-hydrogen) atoms. The fourth-order valence-corrected chi connectivity index (χ4v) is 2.94. The van der Waals surface area contributed by atoms with Crippen LogP contribution < -0.4 is 14.2 Å². The summed E-state index contributed by atoms with van der Waals surface area (Å²) < 4.78 is 16.5. The van der Waals surface area contributed by atoms with Crippen molar-refractivity contribution in [2.75, 3.05) is 14.2 Å². The van der Waals surface area contributed by atoms with E-state index < -0.39 is 0 Å². The van der Waals surface area contributed by atoms with E-state index in [0.717, 1.165) is 33.7 Å². The van der Waals surface area contributed by atoms with Crippen LogP contribution in [-0.4, -0.2) is 24.2 Å². The van der Waals surface area contributed by atoms with Crippen molar-refractivity contribution in [3.63, 3.8) is 0 Å². The summed E-state index contributed by atoms with van der Waals surface area (Å²) in [5.74, 6) is 3.04. The van der Waals surface area contributed by atoms with Gasteiger partial charge in [-0.25, -0.2) is 4.98 Å². The van der Waals surface area contributed by atoms with E-state index in [1.165, 1.54) is 0 Å². The van der Waals surface area contributed by atoms with Gasteiger partial charge in [-0.05, 0) is 54.1 Å². The first-order valence-electron chi connectivity index (χ1n) is 8.66. The van der Waals surface area contributed by atoms with Crippen LogP contribution in [0.3, 0.4) is 0 Å². The van der Waals surface area contributed by atoms with Crippen LogP contribution >= 0.6 is 0 Å². The number of hydrogen-bond acceptors (Lipinski definition) is 4. The molecule has 0 spiro atoms. The zero-order valence-corrected chi connectivity index (χ0v) is 15.2. The summed E-state index contributed by atoms with van der Waals surface area (Å²) in [5, 5.41) is 0. The Morgan fingerprint density at radius 3 is 2.37 bits per heavy atom. The van der Waals surface area contributed by atoms with Gasteiger partial charge in [0.05, 0.1) is 25.3 Å². The second kappa shape index (κ2) is 7.41. The maximum atomic E-state index is 5.89. The quantitative estimate of drug-likeness (QED) is 0.535. The van der Waals surface area contributed by atoms with Gasteiger partial charge in [0.2, 0.25) is 0 Å². The highest BCUT2D eigenvalue weighted by Gasteiger charge is 2.07.